The molecule has 0 aromatic carbocycles. The van der Waals surface area contributed by atoms with Crippen LogP contribution in [0.25, 0.3) is 0 Å². The summed E-state index contributed by atoms with van der Waals surface area (Å²) in [5, 5.41) is 11.2. The molecular formula is C34H55NO9. The molecule has 3 aliphatic carbocycles. The minimum Gasteiger partial charge on any atom is -0.462 e. The van der Waals surface area contributed by atoms with Gasteiger partial charge in [-0.1, -0.05) is 40.2 Å². The number of aliphatic hydroxyl groups excluding tert-OH is 1. The van der Waals surface area contributed by atoms with Crippen LogP contribution in [0.3, 0.4) is 0 Å². The lowest BCUT2D eigenvalue weighted by Crippen LogP contribution is -2.53. The fraction of sp³-hybridized carbons (Fsp3) is 0.853. The van der Waals surface area contributed by atoms with E-state index in [0.29, 0.717) is 18.4 Å². The Morgan fingerprint density at radius 2 is 1.61 bits per heavy atom. The number of esters is 1. The predicted molar refractivity (Wildman–Crippen MR) is 163 cm³/mol. The molecule has 1 aliphatic heterocycles. The van der Waals surface area contributed by atoms with Gasteiger partial charge in [-0.15, -0.1) is 0 Å². The minimum atomic E-state index is -1.30. The Bertz CT molecular complexity index is 1050. The predicted octanol–water partition coefficient (Wildman–Crippen LogP) is 3.61. The van der Waals surface area contributed by atoms with Crippen LogP contribution in [0.1, 0.15) is 79.1 Å². The molecule has 0 amide bonds. The molecule has 4 rings (SSSR count). The molecule has 44 heavy (non-hydrogen) atoms. The summed E-state index contributed by atoms with van der Waals surface area (Å²) < 4.78 is 29.1. The Hall–Kier alpha value is -1.69. The summed E-state index contributed by atoms with van der Waals surface area (Å²) in [5.41, 5.74) is 7.23. The Morgan fingerprint density at radius 1 is 0.977 bits per heavy atom. The number of hydrogen-bond acceptors (Lipinski definition) is 10. The number of rotatable bonds is 10. The second kappa shape index (κ2) is 15.3. The van der Waals surface area contributed by atoms with Crippen molar-refractivity contribution in [1.29, 1.82) is 0 Å². The molecule has 3 N–H and O–H groups in total. The summed E-state index contributed by atoms with van der Waals surface area (Å²) >= 11 is 0. The smallest absolute Gasteiger partial charge is 0.306 e. The zero-order chi connectivity index (χ0) is 32.3. The first-order valence-electron chi connectivity index (χ1n) is 16.6. The van der Waals surface area contributed by atoms with Crippen LogP contribution in [0.15, 0.2) is 11.6 Å². The number of carbonyl (C=O) groups excluding carboxylic acids is 3. The molecule has 1 saturated heterocycles. The molecule has 0 radical (unpaired) electrons. The van der Waals surface area contributed by atoms with Gasteiger partial charge in [0.15, 0.2) is 17.9 Å². The van der Waals surface area contributed by atoms with E-state index in [2.05, 4.69) is 0 Å². The van der Waals surface area contributed by atoms with E-state index in [-0.39, 0.29) is 71.9 Å². The normalized spacial score (nSPS) is 37.5. The maximum atomic E-state index is 13.9. The molecule has 10 nitrogen and oxygen atoms in total. The highest BCUT2D eigenvalue weighted by molar-refractivity contribution is 6.01. The monoisotopic (exact) mass is 621 g/mol. The third-order valence-corrected chi connectivity index (χ3v) is 10.9. The number of fused-ring (bicyclic) bond motifs is 5. The lowest BCUT2D eigenvalue weighted by atomic mass is 9.63. The Kier molecular flexibility index (Phi) is 12.2. The molecule has 7 unspecified atom stereocenters. The van der Waals surface area contributed by atoms with Crippen molar-refractivity contribution in [2.75, 3.05) is 21.3 Å². The fourth-order valence-electron chi connectivity index (χ4n) is 8.56. The van der Waals surface area contributed by atoms with Crippen molar-refractivity contribution in [3.05, 3.63) is 11.6 Å². The number of aliphatic hydroxyl groups is 1. The van der Waals surface area contributed by atoms with Crippen LogP contribution in [0.5, 0.6) is 0 Å². The zero-order valence-electron chi connectivity index (χ0n) is 27.6. The summed E-state index contributed by atoms with van der Waals surface area (Å²) in [4.78, 5) is 40.9. The maximum Gasteiger partial charge on any atom is 0.306 e. The third kappa shape index (κ3) is 7.15. The second-order valence-corrected chi connectivity index (χ2v) is 13.8. The quantitative estimate of drug-likeness (QED) is 0.274. The molecule has 4 aliphatic rings. The number of allylic oxidation sites excluding steroid dienone is 2. The highest BCUT2D eigenvalue weighted by Crippen LogP contribution is 2.55. The van der Waals surface area contributed by atoms with Gasteiger partial charge in [-0.3, -0.25) is 14.4 Å². The van der Waals surface area contributed by atoms with Gasteiger partial charge in [-0.05, 0) is 67.8 Å². The molecular weight excluding hydrogens is 566 g/mol. The summed E-state index contributed by atoms with van der Waals surface area (Å²) in [7, 11) is 4.66. The number of hydrogen-bond donors (Lipinski definition) is 2. The SMILES string of the molecule is CC[C@H]1CCCC[C@@H](C)C(=O)C2=C[C@@H]3C(C(=O)[C@@H](N)C4C[C@@H](OC(O)C(OC)C(OC)C(OC)C(C)C)C[C@H]43)C2CC(=O)O1. The Balaban J connectivity index is 1.57. The summed E-state index contributed by atoms with van der Waals surface area (Å²) in [5.74, 6) is -2.01. The van der Waals surface area contributed by atoms with Crippen LogP contribution >= 0.6 is 0 Å². The summed E-state index contributed by atoms with van der Waals surface area (Å²) in [6, 6.07) is -0.739. The number of methoxy groups -OCH3 is 3. The summed E-state index contributed by atoms with van der Waals surface area (Å²) in [6.45, 7) is 7.98. The van der Waals surface area contributed by atoms with E-state index in [9.17, 15) is 19.5 Å². The lowest BCUT2D eigenvalue weighted by molar-refractivity contribution is -0.236. The van der Waals surface area contributed by atoms with Gasteiger partial charge < -0.3 is 34.5 Å². The average molecular weight is 622 g/mol. The largest absolute Gasteiger partial charge is 0.462 e. The maximum absolute atomic E-state index is 13.9. The molecule has 0 bridgehead atoms. The van der Waals surface area contributed by atoms with Crippen molar-refractivity contribution in [1.82, 2.24) is 0 Å². The fourth-order valence-corrected chi connectivity index (χ4v) is 8.56. The molecule has 0 aromatic heterocycles. The van der Waals surface area contributed by atoms with Crippen molar-refractivity contribution in [3.8, 4) is 0 Å². The molecule has 0 aromatic rings. The first-order valence-corrected chi connectivity index (χ1v) is 16.6. The molecule has 0 spiro atoms. The van der Waals surface area contributed by atoms with Crippen molar-refractivity contribution < 1.29 is 43.2 Å². The van der Waals surface area contributed by atoms with Crippen LogP contribution in [-0.2, 0) is 38.1 Å². The van der Waals surface area contributed by atoms with Crippen LogP contribution in [0, 0.1) is 41.4 Å². The Labute approximate surface area is 262 Å². The molecule has 3 fully saturated rings. The highest BCUT2D eigenvalue weighted by Gasteiger charge is 2.58. The van der Waals surface area contributed by atoms with Gasteiger partial charge in [0.05, 0.1) is 24.7 Å². The number of cyclic esters (lactones) is 1. The number of ether oxygens (including phenoxy) is 5. The highest BCUT2D eigenvalue weighted by atomic mass is 16.6. The molecule has 1 heterocycles. The van der Waals surface area contributed by atoms with Crippen LogP contribution in [0.4, 0.5) is 0 Å². The average Bonchev–Trinajstić information content (AvgIpc) is 3.57. The molecule has 13 atom stereocenters. The standard InChI is InChI=1S/C34H55NO9/c1-8-19-12-10-9-11-18(4)29(37)25-15-22-21-13-20(44-34(39)33(42-7)32(41-6)31(40-5)17(2)3)14-24(21)28(35)30(38)27(22)23(25)16-26(36)43-19/h15,17-24,27-28,31-34,39H,8-14,16,35H2,1-7H3/t18-,19+,20+,21+,22+,23?,24?,27?,28+,31?,32?,33?,34?/m1/s1. The molecule has 10 heteroatoms. The molecule has 250 valence electrons. The number of ketones is 2. The van der Waals surface area contributed by atoms with Crippen molar-refractivity contribution in [2.24, 2.45) is 47.2 Å². The lowest BCUT2D eigenvalue weighted by Gasteiger charge is -2.40. The van der Waals surface area contributed by atoms with Crippen molar-refractivity contribution >= 4 is 17.5 Å². The van der Waals surface area contributed by atoms with E-state index in [1.165, 1.54) is 7.11 Å². The van der Waals surface area contributed by atoms with Crippen molar-refractivity contribution in [2.45, 2.75) is 122 Å². The summed E-state index contributed by atoms with van der Waals surface area (Å²) in [6.07, 6.45) is 3.59. The van der Waals surface area contributed by atoms with Gasteiger partial charge in [0.1, 0.15) is 18.3 Å². The second-order valence-electron chi connectivity index (χ2n) is 13.8. The topological polar surface area (TPSA) is 144 Å². The Morgan fingerprint density at radius 3 is 2.23 bits per heavy atom. The number of Topliss-reactive ketones (excluding diaryl/α,β-unsaturated/α-hetero) is 2. The van der Waals surface area contributed by atoms with Gasteiger partial charge in [-0.2, -0.15) is 0 Å². The minimum absolute atomic E-state index is 0.000885. The van der Waals surface area contributed by atoms with E-state index < -0.39 is 36.4 Å². The van der Waals surface area contributed by atoms with Gasteiger partial charge in [0, 0.05) is 39.1 Å². The third-order valence-electron chi connectivity index (χ3n) is 10.9. The zero-order valence-corrected chi connectivity index (χ0v) is 27.6. The molecule has 2 saturated carbocycles. The van der Waals surface area contributed by atoms with Gasteiger partial charge in [0.25, 0.3) is 0 Å². The van der Waals surface area contributed by atoms with Crippen LogP contribution in [-0.4, -0.2) is 86.8 Å². The first kappa shape index (κ1) is 35.2. The number of nitrogens with two attached hydrogens (primary N) is 1. The van der Waals surface area contributed by atoms with E-state index in [4.69, 9.17) is 29.4 Å². The van der Waals surface area contributed by atoms with Crippen LogP contribution in [0.2, 0.25) is 0 Å². The van der Waals surface area contributed by atoms with E-state index in [1.54, 1.807) is 14.2 Å². The van der Waals surface area contributed by atoms with Gasteiger partial charge >= 0.3 is 5.97 Å². The van der Waals surface area contributed by atoms with E-state index >= 15 is 0 Å². The van der Waals surface area contributed by atoms with Crippen molar-refractivity contribution in [3.63, 3.8) is 0 Å². The van der Waals surface area contributed by atoms with Crippen LogP contribution < -0.4 is 5.73 Å². The van der Waals surface area contributed by atoms with E-state index in [0.717, 1.165) is 32.1 Å². The van der Waals surface area contributed by atoms with Gasteiger partial charge in [0.2, 0.25) is 0 Å². The number of carbonyl (C=O) groups is 3. The van der Waals surface area contributed by atoms with E-state index in [1.807, 2.05) is 33.8 Å². The van der Waals surface area contributed by atoms with Gasteiger partial charge in [-0.25, -0.2) is 0 Å². The first-order chi connectivity index (χ1) is 21.0.